The largest absolute Gasteiger partial charge is 0.472 e. The molecular formula is C61H114N2O6P+. The molecular weight excluding hydrogens is 888 g/mol. The topological polar surface area (TPSA) is 105 Å². The number of carbonyl (C=O) groups excluding carboxylic acids is 1. The summed E-state index contributed by atoms with van der Waals surface area (Å²) in [5, 5.41) is 13.9. The Hall–Kier alpha value is -2.06. The number of amides is 1. The lowest BCUT2D eigenvalue weighted by atomic mass is 10.0. The molecule has 0 heterocycles. The third-order valence-electron chi connectivity index (χ3n) is 12.9. The number of hydrogen-bond donors (Lipinski definition) is 3. The van der Waals surface area contributed by atoms with E-state index in [0.29, 0.717) is 17.4 Å². The van der Waals surface area contributed by atoms with E-state index in [2.05, 4.69) is 79.9 Å². The van der Waals surface area contributed by atoms with Crippen LogP contribution >= 0.6 is 7.82 Å². The van der Waals surface area contributed by atoms with Gasteiger partial charge in [0.1, 0.15) is 13.2 Å². The zero-order valence-electron chi connectivity index (χ0n) is 46.5. The van der Waals surface area contributed by atoms with Crippen LogP contribution < -0.4 is 5.32 Å². The van der Waals surface area contributed by atoms with Crippen LogP contribution in [0.2, 0.25) is 0 Å². The van der Waals surface area contributed by atoms with Crippen molar-refractivity contribution in [3.05, 3.63) is 72.9 Å². The lowest BCUT2D eigenvalue weighted by Gasteiger charge is -2.25. The Labute approximate surface area is 434 Å². The van der Waals surface area contributed by atoms with Crippen molar-refractivity contribution in [3.63, 3.8) is 0 Å². The van der Waals surface area contributed by atoms with Crippen molar-refractivity contribution < 1.29 is 32.9 Å². The number of likely N-dealkylation sites (N-methyl/N-ethyl adjacent to an activating group) is 1. The van der Waals surface area contributed by atoms with Gasteiger partial charge in [0.2, 0.25) is 5.91 Å². The van der Waals surface area contributed by atoms with Crippen LogP contribution in [0.4, 0.5) is 0 Å². The highest BCUT2D eigenvalue weighted by molar-refractivity contribution is 7.47. The molecule has 0 radical (unpaired) electrons. The number of hydrogen-bond acceptors (Lipinski definition) is 5. The summed E-state index contributed by atoms with van der Waals surface area (Å²) >= 11 is 0. The van der Waals surface area contributed by atoms with Gasteiger partial charge in [0, 0.05) is 6.42 Å². The van der Waals surface area contributed by atoms with Gasteiger partial charge >= 0.3 is 7.82 Å². The molecule has 0 aromatic heterocycles. The summed E-state index contributed by atoms with van der Waals surface area (Å²) < 4.78 is 23.7. The minimum Gasteiger partial charge on any atom is -0.387 e. The average Bonchev–Trinajstić information content (AvgIpc) is 3.32. The molecule has 0 aliphatic carbocycles. The molecule has 0 aromatic carbocycles. The Kier molecular flexibility index (Phi) is 50.3. The van der Waals surface area contributed by atoms with E-state index in [4.69, 9.17) is 9.05 Å². The molecule has 0 saturated carbocycles. The van der Waals surface area contributed by atoms with Crippen LogP contribution in [0.5, 0.6) is 0 Å². The SMILES string of the molecule is CC/C=C\C/C=C\C/C=C\C/C=C\CCCCCCCCCCCCCCC(=O)NC(COP(=O)(O)OCC[N+](C)(C)C)C(O)/C=C/CC/C=C/CCCCCCCCCCCCCCCCCCC. The van der Waals surface area contributed by atoms with Crippen molar-refractivity contribution in [3.8, 4) is 0 Å². The summed E-state index contributed by atoms with van der Waals surface area (Å²) in [4.78, 5) is 23.3. The Bertz CT molecular complexity index is 1370. The number of phosphoric ester groups is 1. The van der Waals surface area contributed by atoms with Crippen molar-refractivity contribution in [2.24, 2.45) is 0 Å². The van der Waals surface area contributed by atoms with E-state index in [-0.39, 0.29) is 19.1 Å². The van der Waals surface area contributed by atoms with E-state index < -0.39 is 20.0 Å². The fourth-order valence-corrected chi connectivity index (χ4v) is 9.08. The van der Waals surface area contributed by atoms with E-state index in [1.165, 1.54) is 173 Å². The highest BCUT2D eigenvalue weighted by atomic mass is 31.2. The number of aliphatic hydroxyl groups excluding tert-OH is 1. The van der Waals surface area contributed by atoms with E-state index in [1.54, 1.807) is 6.08 Å². The van der Waals surface area contributed by atoms with Crippen LogP contribution in [0.1, 0.15) is 258 Å². The predicted octanol–water partition coefficient (Wildman–Crippen LogP) is 17.9. The van der Waals surface area contributed by atoms with E-state index >= 15 is 0 Å². The number of quaternary nitrogens is 1. The number of allylic oxidation sites excluding steroid dienone is 11. The monoisotopic (exact) mass is 1000 g/mol. The minimum atomic E-state index is -4.36. The quantitative estimate of drug-likeness (QED) is 0.0243. The van der Waals surface area contributed by atoms with Crippen LogP contribution in [0, 0.1) is 0 Å². The van der Waals surface area contributed by atoms with Gasteiger partial charge in [-0.05, 0) is 70.6 Å². The maximum atomic E-state index is 13.0. The number of aliphatic hydroxyl groups is 1. The number of nitrogens with zero attached hydrogens (tertiary/aromatic N) is 1. The first-order valence-corrected chi connectivity index (χ1v) is 30.8. The third-order valence-corrected chi connectivity index (χ3v) is 13.9. The maximum absolute atomic E-state index is 13.0. The van der Waals surface area contributed by atoms with Crippen LogP contribution in [-0.2, 0) is 18.4 Å². The van der Waals surface area contributed by atoms with Gasteiger partial charge in [-0.25, -0.2) is 4.57 Å². The average molecular weight is 1000 g/mol. The molecule has 9 heteroatoms. The molecule has 0 bridgehead atoms. The van der Waals surface area contributed by atoms with Crippen molar-refractivity contribution in [1.29, 1.82) is 0 Å². The van der Waals surface area contributed by atoms with Crippen LogP contribution in [0.15, 0.2) is 72.9 Å². The normalized spacial score (nSPS) is 14.4. The zero-order valence-corrected chi connectivity index (χ0v) is 47.4. The van der Waals surface area contributed by atoms with Gasteiger partial charge < -0.3 is 19.8 Å². The molecule has 0 aromatic rings. The summed E-state index contributed by atoms with van der Waals surface area (Å²) in [6, 6.07) is -0.869. The molecule has 1 amide bonds. The zero-order chi connectivity index (χ0) is 51.3. The molecule has 3 unspecified atom stereocenters. The summed E-state index contributed by atoms with van der Waals surface area (Å²) in [5.74, 6) is -0.189. The first kappa shape index (κ1) is 67.9. The maximum Gasteiger partial charge on any atom is 0.472 e. The molecule has 8 nitrogen and oxygen atoms in total. The number of carbonyl (C=O) groups is 1. The molecule has 0 rings (SSSR count). The standard InChI is InChI=1S/C61H113N2O6P/c1-6-8-10-12-14-16-18-20-22-24-26-28-30-31-33-35-37-39-41-43-45-47-49-51-53-55-61(65)62-59(58-69-70(66,67)68-57-56-63(3,4)5)60(64)54-52-50-48-46-44-42-40-38-36-34-32-29-27-25-23-21-19-17-15-13-11-9-7-2/h8,10,14,16,20,22,26,28,44,46,52,54,59-60,64H,6-7,9,11-13,15,17-19,21,23-25,27,29-43,45,47-51,53,55-58H2,1-5H3,(H-,62,65,66,67)/p+1/b10-8-,16-14-,22-20-,28-26-,46-44+,54-52+. The van der Waals surface area contributed by atoms with E-state index in [9.17, 15) is 19.4 Å². The van der Waals surface area contributed by atoms with Crippen LogP contribution in [-0.4, -0.2) is 73.4 Å². The second kappa shape index (κ2) is 51.8. The second-order valence-corrected chi connectivity index (χ2v) is 22.4. The summed E-state index contributed by atoms with van der Waals surface area (Å²) in [6.45, 7) is 4.70. The predicted molar refractivity (Wildman–Crippen MR) is 304 cm³/mol. The van der Waals surface area contributed by atoms with Crippen LogP contribution in [0.3, 0.4) is 0 Å². The van der Waals surface area contributed by atoms with E-state index in [1.807, 2.05) is 27.2 Å². The first-order valence-electron chi connectivity index (χ1n) is 29.3. The Morgan fingerprint density at radius 3 is 1.31 bits per heavy atom. The third kappa shape index (κ3) is 53.7. The Balaban J connectivity index is 4.25. The molecule has 3 N–H and O–H groups in total. The first-order chi connectivity index (χ1) is 34.0. The van der Waals surface area contributed by atoms with Crippen LogP contribution in [0.25, 0.3) is 0 Å². The van der Waals surface area contributed by atoms with E-state index in [0.717, 1.165) is 64.2 Å². The molecule has 0 spiro atoms. The summed E-state index contributed by atoms with van der Waals surface area (Å²) in [5.41, 5.74) is 0. The number of phosphoric acid groups is 1. The molecule has 0 fully saturated rings. The number of nitrogens with one attached hydrogen (secondary N) is 1. The van der Waals surface area contributed by atoms with Gasteiger partial charge in [-0.1, -0.05) is 254 Å². The smallest absolute Gasteiger partial charge is 0.387 e. The van der Waals surface area contributed by atoms with Crippen molar-refractivity contribution in [2.45, 2.75) is 270 Å². The van der Waals surface area contributed by atoms with Crippen molar-refractivity contribution in [2.75, 3.05) is 40.9 Å². The molecule has 3 atom stereocenters. The fourth-order valence-electron chi connectivity index (χ4n) is 8.34. The molecule has 70 heavy (non-hydrogen) atoms. The Morgan fingerprint density at radius 2 is 0.871 bits per heavy atom. The van der Waals surface area contributed by atoms with Gasteiger partial charge in [0.15, 0.2) is 0 Å². The lowest BCUT2D eigenvalue weighted by molar-refractivity contribution is -0.870. The fraction of sp³-hybridized carbons (Fsp3) is 0.787. The minimum absolute atomic E-state index is 0.0536. The highest BCUT2D eigenvalue weighted by Gasteiger charge is 2.27. The number of rotatable bonds is 53. The summed E-state index contributed by atoms with van der Waals surface area (Å²) in [6.07, 6.45) is 71.5. The number of unbranched alkanes of at least 4 members (excludes halogenated alkanes) is 30. The molecule has 0 aliphatic heterocycles. The highest BCUT2D eigenvalue weighted by Crippen LogP contribution is 2.43. The molecule has 0 saturated heterocycles. The lowest BCUT2D eigenvalue weighted by Crippen LogP contribution is -2.45. The van der Waals surface area contributed by atoms with Crippen molar-refractivity contribution >= 4 is 13.7 Å². The van der Waals surface area contributed by atoms with Gasteiger partial charge in [-0.15, -0.1) is 0 Å². The van der Waals surface area contributed by atoms with Gasteiger partial charge in [0.05, 0.1) is 39.9 Å². The second-order valence-electron chi connectivity index (χ2n) is 21.0. The van der Waals surface area contributed by atoms with Gasteiger partial charge in [-0.3, -0.25) is 13.8 Å². The van der Waals surface area contributed by atoms with Crippen molar-refractivity contribution in [1.82, 2.24) is 5.32 Å². The van der Waals surface area contributed by atoms with Gasteiger partial charge in [0.25, 0.3) is 0 Å². The Morgan fingerprint density at radius 1 is 0.500 bits per heavy atom. The molecule has 0 aliphatic rings. The molecule has 408 valence electrons. The summed E-state index contributed by atoms with van der Waals surface area (Å²) in [7, 11) is 1.55. The van der Waals surface area contributed by atoms with Gasteiger partial charge in [-0.2, -0.15) is 0 Å².